The van der Waals surface area contributed by atoms with Crippen molar-refractivity contribution in [2.24, 2.45) is 11.8 Å². The van der Waals surface area contributed by atoms with Crippen LogP contribution in [0.3, 0.4) is 0 Å². The van der Waals surface area contributed by atoms with Gasteiger partial charge in [-0.3, -0.25) is 0 Å². The van der Waals surface area contributed by atoms with Crippen LogP contribution in [0, 0.1) is 17.7 Å². The molecule has 0 bridgehead atoms. The molecule has 3 atom stereocenters. The van der Waals surface area contributed by atoms with Crippen LogP contribution in [0.1, 0.15) is 68.4 Å². The molecule has 4 nitrogen and oxygen atoms in total. The molecule has 178 valence electrons. The van der Waals surface area contributed by atoms with E-state index in [1.165, 1.54) is 31.6 Å². The monoisotopic (exact) mass is 473 g/mol. The molecule has 6 heteroatoms. The van der Waals surface area contributed by atoms with Crippen LogP contribution in [0.15, 0.2) is 42.5 Å². The van der Waals surface area contributed by atoms with E-state index in [-0.39, 0.29) is 23.3 Å². The molecule has 4 rings (SSSR count). The maximum atomic E-state index is 14.3. The molecule has 2 fully saturated rings. The van der Waals surface area contributed by atoms with Crippen molar-refractivity contribution >= 4 is 8.03 Å². The Morgan fingerprint density at radius 1 is 1.00 bits per heavy atom. The van der Waals surface area contributed by atoms with Crippen molar-refractivity contribution in [3.63, 3.8) is 0 Å². The van der Waals surface area contributed by atoms with Crippen LogP contribution >= 0.6 is 8.03 Å². The second-order valence-corrected chi connectivity index (χ2v) is 11.3. The van der Waals surface area contributed by atoms with E-state index in [1.54, 1.807) is 13.2 Å². The molecule has 0 saturated heterocycles. The van der Waals surface area contributed by atoms with E-state index < -0.39 is 8.03 Å². The van der Waals surface area contributed by atoms with E-state index in [0.717, 1.165) is 37.0 Å². The first-order chi connectivity index (χ1) is 16.0. The van der Waals surface area contributed by atoms with Gasteiger partial charge in [0.25, 0.3) is 0 Å². The first-order valence-corrected chi connectivity index (χ1v) is 13.3. The van der Waals surface area contributed by atoms with E-state index in [4.69, 9.17) is 14.0 Å². The summed E-state index contributed by atoms with van der Waals surface area (Å²) in [5.74, 6) is 2.98. The lowest BCUT2D eigenvalue weighted by Gasteiger charge is -2.29. The number of hydrogen-bond acceptors (Lipinski definition) is 4. The van der Waals surface area contributed by atoms with Crippen molar-refractivity contribution in [1.82, 2.24) is 0 Å². The number of rotatable bonds is 10. The average molecular weight is 474 g/mol. The largest absolute Gasteiger partial charge is 0.511 e. The fourth-order valence-electron chi connectivity index (χ4n) is 5.32. The molecular formula is C27H35FO4P+. The molecule has 33 heavy (non-hydrogen) atoms. The zero-order chi connectivity index (χ0) is 23.4. The highest BCUT2D eigenvalue weighted by atomic mass is 31.1. The summed E-state index contributed by atoms with van der Waals surface area (Å²) in [6, 6.07) is 13.3. The van der Waals surface area contributed by atoms with Gasteiger partial charge in [-0.15, -0.1) is 4.52 Å². The predicted molar refractivity (Wildman–Crippen MR) is 129 cm³/mol. The van der Waals surface area contributed by atoms with Crippen molar-refractivity contribution in [2.45, 2.75) is 62.9 Å². The summed E-state index contributed by atoms with van der Waals surface area (Å²) >= 11 is 0. The van der Waals surface area contributed by atoms with Gasteiger partial charge in [0.15, 0.2) is 5.66 Å². The van der Waals surface area contributed by atoms with E-state index in [0.29, 0.717) is 24.2 Å². The van der Waals surface area contributed by atoms with Crippen LogP contribution in [0.4, 0.5) is 4.39 Å². The molecule has 0 radical (unpaired) electrons. The quantitative estimate of drug-likeness (QED) is 0.336. The summed E-state index contributed by atoms with van der Waals surface area (Å²) in [7, 11) is 1.46. The second kappa shape index (κ2) is 11.0. The van der Waals surface area contributed by atoms with Crippen LogP contribution < -0.4 is 9.47 Å². The molecule has 2 aliphatic carbocycles. The fourth-order valence-corrected chi connectivity index (χ4v) is 6.34. The maximum Gasteiger partial charge on any atom is 0.511 e. The van der Waals surface area contributed by atoms with Gasteiger partial charge in [-0.2, -0.15) is 0 Å². The number of methoxy groups -OCH3 is 1. The predicted octanol–water partition coefficient (Wildman–Crippen LogP) is 7.46. The first-order valence-electron chi connectivity index (χ1n) is 12.1. The Labute approximate surface area is 197 Å². The smallest absolute Gasteiger partial charge is 0.497 e. The third kappa shape index (κ3) is 5.94. The Balaban J connectivity index is 1.34. The van der Waals surface area contributed by atoms with E-state index in [2.05, 4.69) is 12.1 Å². The third-order valence-electron chi connectivity index (χ3n) is 7.38. The number of halogens is 1. The summed E-state index contributed by atoms with van der Waals surface area (Å²) in [4.78, 5) is 0. The van der Waals surface area contributed by atoms with Gasteiger partial charge in [0.05, 0.1) is 20.8 Å². The molecule has 0 heterocycles. The Morgan fingerprint density at radius 3 is 2.42 bits per heavy atom. The highest BCUT2D eigenvalue weighted by molar-refractivity contribution is 7.40. The van der Waals surface area contributed by atoms with Crippen molar-refractivity contribution < 1.29 is 23.0 Å². The zero-order valence-electron chi connectivity index (χ0n) is 19.8. The van der Waals surface area contributed by atoms with E-state index in [1.807, 2.05) is 25.1 Å². The number of ether oxygens (including phenoxy) is 2. The van der Waals surface area contributed by atoms with Gasteiger partial charge in [0.2, 0.25) is 0 Å². The minimum absolute atomic E-state index is 0.0139. The normalized spacial score (nSPS) is 23.0. The molecule has 0 aromatic heterocycles. The van der Waals surface area contributed by atoms with Crippen LogP contribution in [0.5, 0.6) is 11.5 Å². The molecule has 0 aliphatic heterocycles. The number of hydrogen-bond donors (Lipinski definition) is 0. The molecule has 2 aromatic carbocycles. The SMILES string of the molecule is COc1ccc(F)c(C2CCC(COc3cccc(C(C4CC4)C(C)[P+](=O)OC)c3)CC2)c1. The van der Waals surface area contributed by atoms with Crippen molar-refractivity contribution in [3.8, 4) is 11.5 Å². The summed E-state index contributed by atoms with van der Waals surface area (Å²) < 4.78 is 43.3. The summed E-state index contributed by atoms with van der Waals surface area (Å²) in [5, 5.41) is 0. The Morgan fingerprint density at radius 2 is 1.76 bits per heavy atom. The summed E-state index contributed by atoms with van der Waals surface area (Å²) in [6.45, 7) is 2.70. The molecule has 2 saturated carbocycles. The number of benzene rings is 2. The second-order valence-electron chi connectivity index (χ2n) is 9.56. The molecule has 0 N–H and O–H groups in total. The third-order valence-corrected chi connectivity index (χ3v) is 8.73. The maximum absolute atomic E-state index is 14.3. The minimum Gasteiger partial charge on any atom is -0.497 e. The lowest BCUT2D eigenvalue weighted by Crippen LogP contribution is -2.20. The minimum atomic E-state index is -1.68. The van der Waals surface area contributed by atoms with E-state index in [9.17, 15) is 8.96 Å². The van der Waals surface area contributed by atoms with Crippen LogP contribution in [-0.2, 0) is 9.09 Å². The molecular weight excluding hydrogens is 438 g/mol. The molecule has 3 unspecified atom stereocenters. The van der Waals surface area contributed by atoms with E-state index >= 15 is 0 Å². The lowest BCUT2D eigenvalue weighted by molar-refractivity contribution is 0.199. The fraction of sp³-hybridized carbons (Fsp3) is 0.556. The Hall–Kier alpha value is -1.97. The van der Waals surface area contributed by atoms with Crippen molar-refractivity contribution in [3.05, 3.63) is 59.4 Å². The highest BCUT2D eigenvalue weighted by Crippen LogP contribution is 2.51. The van der Waals surface area contributed by atoms with Gasteiger partial charge in [0.1, 0.15) is 17.3 Å². The van der Waals surface area contributed by atoms with Gasteiger partial charge < -0.3 is 9.47 Å². The Bertz CT molecular complexity index is 953. The van der Waals surface area contributed by atoms with Gasteiger partial charge in [-0.25, -0.2) is 4.39 Å². The van der Waals surface area contributed by atoms with Crippen LogP contribution in [-0.4, -0.2) is 26.5 Å². The molecule has 0 spiro atoms. The summed E-state index contributed by atoms with van der Waals surface area (Å²) in [6.07, 6.45) is 6.34. The van der Waals surface area contributed by atoms with Gasteiger partial charge >= 0.3 is 8.03 Å². The van der Waals surface area contributed by atoms with Crippen molar-refractivity contribution in [2.75, 3.05) is 20.8 Å². The average Bonchev–Trinajstić information content (AvgIpc) is 3.68. The van der Waals surface area contributed by atoms with Gasteiger partial charge in [-0.1, -0.05) is 12.1 Å². The van der Waals surface area contributed by atoms with Gasteiger partial charge in [-0.05, 0) is 109 Å². The molecule has 2 aliphatic rings. The standard InChI is InChI=1S/C27H35FO4P/c1-18(33(29)31-3)27(21-11-12-21)22-5-4-6-24(15-22)32-17-19-7-9-20(10-8-19)25-16-23(30-2)13-14-26(25)28/h4-6,13-16,18-21,27H,7-12,17H2,1-3H3/q+1. The van der Waals surface area contributed by atoms with Crippen molar-refractivity contribution in [1.29, 1.82) is 0 Å². The highest BCUT2D eigenvalue weighted by Gasteiger charge is 2.45. The summed E-state index contributed by atoms with van der Waals surface area (Å²) in [5.41, 5.74) is 1.95. The van der Waals surface area contributed by atoms with Gasteiger partial charge in [0, 0.05) is 5.92 Å². The zero-order valence-corrected chi connectivity index (χ0v) is 20.7. The van der Waals surface area contributed by atoms with Crippen LogP contribution in [0.25, 0.3) is 0 Å². The topological polar surface area (TPSA) is 44.8 Å². The lowest BCUT2D eigenvalue weighted by atomic mass is 9.79. The Kier molecular flexibility index (Phi) is 8.03. The molecule has 2 aromatic rings. The van der Waals surface area contributed by atoms with Crippen LogP contribution in [0.2, 0.25) is 0 Å². The first kappa shape index (κ1) is 24.2. The molecule has 0 amide bonds.